The molecule has 10 heteroatoms. The van der Waals surface area contributed by atoms with Crippen molar-refractivity contribution in [3.8, 4) is 11.5 Å². The number of hydrogen-bond acceptors (Lipinski definition) is 8. The van der Waals surface area contributed by atoms with Gasteiger partial charge < -0.3 is 15.1 Å². The number of hydrogen-bond donors (Lipinski definition) is 2. The number of phenolic OH excluding ortho intramolecular Hbond substituents is 2. The topological polar surface area (TPSA) is 88.9 Å². The molecule has 228 valence electrons. The summed E-state index contributed by atoms with van der Waals surface area (Å²) in [7, 11) is 2.16. The van der Waals surface area contributed by atoms with Crippen LogP contribution in [-0.2, 0) is 26.2 Å². The molecule has 5 aromatic rings. The average Bonchev–Trinajstić information content (AvgIpc) is 3.02. The van der Waals surface area contributed by atoms with Crippen LogP contribution in [0.15, 0.2) is 67.0 Å². The highest BCUT2D eigenvalue weighted by Crippen LogP contribution is 2.35. The zero-order valence-electron chi connectivity index (χ0n) is 24.8. The summed E-state index contributed by atoms with van der Waals surface area (Å²) in [6, 6.07) is 17.2. The van der Waals surface area contributed by atoms with Crippen LogP contribution < -0.4 is 0 Å². The minimum atomic E-state index is 0.172. The highest BCUT2D eigenvalue weighted by Gasteiger charge is 2.19. The smallest absolute Gasteiger partial charge is 0.146 e. The molecule has 0 saturated heterocycles. The number of benzene rings is 2. The van der Waals surface area contributed by atoms with Crippen LogP contribution in [0.3, 0.4) is 0 Å². The fourth-order valence-electron chi connectivity index (χ4n) is 6.03. The number of rotatable bonds is 4. The minimum absolute atomic E-state index is 0.172. The van der Waals surface area contributed by atoms with Gasteiger partial charge in [0, 0.05) is 73.6 Å². The first kappa shape index (κ1) is 30.5. The Morgan fingerprint density at radius 3 is 1.64 bits per heavy atom. The molecule has 2 bridgehead atoms. The van der Waals surface area contributed by atoms with Crippen LogP contribution in [-0.4, -0.2) is 73.1 Å². The molecule has 2 N–H and O–H groups in total. The maximum Gasteiger partial charge on any atom is 0.146 e. The summed E-state index contributed by atoms with van der Waals surface area (Å²) in [5, 5.41) is 24.8. The first-order valence-electron chi connectivity index (χ1n) is 14.9. The van der Waals surface area contributed by atoms with Crippen LogP contribution in [0.2, 0.25) is 10.0 Å². The lowest BCUT2D eigenvalue weighted by atomic mass is 10.1. The summed E-state index contributed by atoms with van der Waals surface area (Å²) < 4.78 is 0. The van der Waals surface area contributed by atoms with Crippen molar-refractivity contribution in [2.45, 2.75) is 39.0 Å². The van der Waals surface area contributed by atoms with E-state index in [1.165, 1.54) is 0 Å². The summed E-state index contributed by atoms with van der Waals surface area (Å²) in [4.78, 5) is 20.8. The van der Waals surface area contributed by atoms with Crippen molar-refractivity contribution in [2.75, 3.05) is 33.2 Å². The summed E-state index contributed by atoms with van der Waals surface area (Å²) >= 11 is 13.2. The van der Waals surface area contributed by atoms with E-state index in [0.29, 0.717) is 47.3 Å². The van der Waals surface area contributed by atoms with Crippen LogP contribution >= 0.6 is 23.2 Å². The van der Waals surface area contributed by atoms with Crippen molar-refractivity contribution in [1.29, 1.82) is 0 Å². The van der Waals surface area contributed by atoms with E-state index in [9.17, 15) is 10.2 Å². The first-order valence-corrected chi connectivity index (χ1v) is 15.7. The molecule has 1 aliphatic heterocycles. The van der Waals surface area contributed by atoms with Gasteiger partial charge in [0.05, 0.1) is 21.4 Å². The van der Waals surface area contributed by atoms with Crippen molar-refractivity contribution < 1.29 is 10.2 Å². The molecule has 0 spiro atoms. The monoisotopic (exact) mass is 630 g/mol. The number of aromatic nitrogens is 3. The summed E-state index contributed by atoms with van der Waals surface area (Å²) in [5.74, 6) is 0.345. The van der Waals surface area contributed by atoms with Crippen LogP contribution in [0.4, 0.5) is 0 Å². The number of aromatic hydroxyl groups is 2. The summed E-state index contributed by atoms with van der Waals surface area (Å²) in [6.07, 6.45) is 5.28. The maximum atomic E-state index is 11.1. The lowest BCUT2D eigenvalue weighted by Crippen LogP contribution is -2.32. The third-order valence-electron chi connectivity index (χ3n) is 8.24. The van der Waals surface area contributed by atoms with Gasteiger partial charge in [0.1, 0.15) is 22.5 Å². The lowest BCUT2D eigenvalue weighted by Gasteiger charge is -2.27. The Morgan fingerprint density at radius 2 is 1.16 bits per heavy atom. The molecule has 2 aromatic carbocycles. The van der Waals surface area contributed by atoms with Gasteiger partial charge in [-0.3, -0.25) is 24.8 Å². The fourth-order valence-corrected chi connectivity index (χ4v) is 6.60. The highest BCUT2D eigenvalue weighted by atomic mass is 35.5. The van der Waals surface area contributed by atoms with Crippen LogP contribution in [0.5, 0.6) is 11.5 Å². The Morgan fingerprint density at radius 1 is 0.682 bits per heavy atom. The zero-order chi connectivity index (χ0) is 30.6. The normalized spacial score (nSPS) is 16.3. The van der Waals surface area contributed by atoms with Gasteiger partial charge in [0.2, 0.25) is 0 Å². The van der Waals surface area contributed by atoms with E-state index >= 15 is 0 Å². The minimum Gasteiger partial charge on any atom is -0.505 e. The molecule has 8 nitrogen and oxygen atoms in total. The second-order valence-corrected chi connectivity index (χ2v) is 12.4. The van der Waals surface area contributed by atoms with E-state index in [4.69, 9.17) is 28.2 Å². The molecule has 0 radical (unpaired) electrons. The SMILES string of the molecule is CN1CCCN(Cc2cc(Cl)c3cccnc3c2O)Cc2cccc(n2)CN(Cc2cc(Cl)c3cccnc3c2O)CCC1. The third kappa shape index (κ3) is 6.90. The Hall–Kier alpha value is -3.53. The molecule has 0 saturated carbocycles. The molecule has 0 fully saturated rings. The highest BCUT2D eigenvalue weighted by molar-refractivity contribution is 6.36. The van der Waals surface area contributed by atoms with Gasteiger partial charge >= 0.3 is 0 Å². The molecule has 0 amide bonds. The lowest BCUT2D eigenvalue weighted by molar-refractivity contribution is 0.206. The van der Waals surface area contributed by atoms with Gasteiger partial charge in [-0.2, -0.15) is 0 Å². The van der Waals surface area contributed by atoms with E-state index in [0.717, 1.165) is 72.3 Å². The Balaban J connectivity index is 1.26. The van der Waals surface area contributed by atoms with Crippen molar-refractivity contribution >= 4 is 45.0 Å². The number of nitrogens with zero attached hydrogens (tertiary/aromatic N) is 6. The van der Waals surface area contributed by atoms with E-state index in [1.807, 2.05) is 48.5 Å². The first-order chi connectivity index (χ1) is 21.4. The fraction of sp³-hybridized carbons (Fsp3) is 0.324. The molecule has 0 unspecified atom stereocenters. The van der Waals surface area contributed by atoms with E-state index in [-0.39, 0.29) is 11.5 Å². The van der Waals surface area contributed by atoms with Gasteiger partial charge in [-0.25, -0.2) is 0 Å². The summed E-state index contributed by atoms with van der Waals surface area (Å²) in [5.41, 5.74) is 4.46. The van der Waals surface area contributed by atoms with Crippen molar-refractivity contribution in [3.05, 3.63) is 99.6 Å². The molecular formula is C34H36Cl2N6O2. The molecule has 0 atom stereocenters. The van der Waals surface area contributed by atoms with E-state index in [2.05, 4.69) is 37.8 Å². The number of pyridine rings is 3. The molecule has 0 aliphatic carbocycles. The van der Waals surface area contributed by atoms with Gasteiger partial charge in [-0.1, -0.05) is 29.3 Å². The zero-order valence-corrected chi connectivity index (χ0v) is 26.3. The Bertz CT molecular complexity index is 1660. The number of fused-ring (bicyclic) bond motifs is 4. The van der Waals surface area contributed by atoms with Gasteiger partial charge in [0.25, 0.3) is 0 Å². The van der Waals surface area contributed by atoms with E-state index in [1.54, 1.807) is 12.4 Å². The maximum absolute atomic E-state index is 11.1. The van der Waals surface area contributed by atoms with E-state index < -0.39 is 0 Å². The molecule has 3 aromatic heterocycles. The van der Waals surface area contributed by atoms with Gasteiger partial charge in [0.15, 0.2) is 0 Å². The van der Waals surface area contributed by atoms with Gasteiger partial charge in [-0.05, 0) is 81.5 Å². The predicted octanol–water partition coefficient (Wildman–Crippen LogP) is 6.63. The van der Waals surface area contributed by atoms with Crippen molar-refractivity contribution in [3.63, 3.8) is 0 Å². The molecule has 44 heavy (non-hydrogen) atoms. The average molecular weight is 632 g/mol. The van der Waals surface area contributed by atoms with Crippen molar-refractivity contribution in [1.82, 2.24) is 29.7 Å². The Kier molecular flexibility index (Phi) is 9.44. The predicted molar refractivity (Wildman–Crippen MR) is 176 cm³/mol. The molecule has 1 aliphatic rings. The molecule has 6 rings (SSSR count). The second-order valence-electron chi connectivity index (χ2n) is 11.6. The Labute approximate surface area is 267 Å². The molecule has 4 heterocycles. The standard InChI is InChI=1S/C34H36Cl2N6O2/c1-40-13-5-15-41(19-23-17-29(35)27-9-3-11-37-31(27)33(23)43)21-25-7-2-8-26(39-25)22-42(16-6-14-40)20-24-18-30(36)28-10-4-12-38-32(28)34(24)44/h2-4,7-12,17-18,43-44H,5-6,13-16,19-22H2,1H3. The third-order valence-corrected chi connectivity index (χ3v) is 8.87. The molecular weight excluding hydrogens is 595 g/mol. The van der Waals surface area contributed by atoms with Crippen LogP contribution in [0, 0.1) is 0 Å². The largest absolute Gasteiger partial charge is 0.505 e. The van der Waals surface area contributed by atoms with Crippen molar-refractivity contribution in [2.24, 2.45) is 0 Å². The second kappa shape index (κ2) is 13.6. The van der Waals surface area contributed by atoms with Gasteiger partial charge in [-0.15, -0.1) is 0 Å². The quantitative estimate of drug-likeness (QED) is 0.229. The van der Waals surface area contributed by atoms with Crippen LogP contribution in [0.25, 0.3) is 21.8 Å². The summed E-state index contributed by atoms with van der Waals surface area (Å²) in [6.45, 7) is 5.88. The number of halogens is 2. The van der Waals surface area contributed by atoms with Crippen LogP contribution in [0.1, 0.15) is 35.4 Å². The number of phenols is 2.